The van der Waals surface area contributed by atoms with Crippen LogP contribution in [0.25, 0.3) is 0 Å². The van der Waals surface area contributed by atoms with Crippen molar-refractivity contribution in [2.24, 2.45) is 18.4 Å². The zero-order valence-corrected chi connectivity index (χ0v) is 25.2. The van der Waals surface area contributed by atoms with E-state index in [2.05, 4.69) is 53.9 Å². The molecule has 1 heterocycles. The van der Waals surface area contributed by atoms with Crippen LogP contribution in [0.3, 0.4) is 0 Å². The zero-order chi connectivity index (χ0) is 28.7. The normalized spacial score (nSPS) is 21.6. The smallest absolute Gasteiger partial charge is 0.231 e. The number of hydrogen-bond donors (Lipinski definition) is 1. The van der Waals surface area contributed by atoms with Gasteiger partial charge in [0.15, 0.2) is 0 Å². The molecule has 8 heteroatoms. The molecule has 2 aliphatic carbocycles. The summed E-state index contributed by atoms with van der Waals surface area (Å²) < 4.78 is 18.6. The van der Waals surface area contributed by atoms with Crippen molar-refractivity contribution in [1.29, 1.82) is 0 Å². The Morgan fingerprint density at radius 1 is 1.12 bits per heavy atom. The molecule has 2 aliphatic rings. The number of amides is 1. The van der Waals surface area contributed by atoms with E-state index in [1.165, 1.54) is 11.1 Å². The predicted molar refractivity (Wildman–Crippen MR) is 164 cm³/mol. The van der Waals surface area contributed by atoms with E-state index in [0.717, 1.165) is 36.3 Å². The Kier molecular flexibility index (Phi) is 7.62. The number of aromatic nitrogens is 2. The molecule has 0 radical (unpaired) electrons. The highest BCUT2D eigenvalue weighted by atomic mass is 35.5. The van der Waals surface area contributed by atoms with E-state index < -0.39 is 11.0 Å². The van der Waals surface area contributed by atoms with Crippen LogP contribution in [0.5, 0.6) is 0 Å². The Balaban J connectivity index is 1.33. The maximum absolute atomic E-state index is 14.4. The van der Waals surface area contributed by atoms with Crippen molar-refractivity contribution in [2.45, 2.75) is 56.5 Å². The van der Waals surface area contributed by atoms with Crippen molar-refractivity contribution < 1.29 is 9.00 Å². The van der Waals surface area contributed by atoms with Gasteiger partial charge in [-0.15, -0.1) is 0 Å². The number of halogens is 1. The molecule has 0 aliphatic heterocycles. The van der Waals surface area contributed by atoms with Crippen LogP contribution >= 0.6 is 11.6 Å². The van der Waals surface area contributed by atoms with Crippen LogP contribution < -0.4 is 9.62 Å². The molecule has 3 aromatic carbocycles. The first-order valence-corrected chi connectivity index (χ1v) is 15.7. The molecule has 41 heavy (non-hydrogen) atoms. The third kappa shape index (κ3) is 5.51. The Labute approximate surface area is 249 Å². The van der Waals surface area contributed by atoms with E-state index in [1.54, 1.807) is 18.3 Å². The summed E-state index contributed by atoms with van der Waals surface area (Å²) in [6.45, 7) is 4.75. The lowest BCUT2D eigenvalue weighted by Crippen LogP contribution is -2.34. The van der Waals surface area contributed by atoms with Crippen LogP contribution in [-0.2, 0) is 35.8 Å². The van der Waals surface area contributed by atoms with Crippen molar-refractivity contribution in [3.8, 4) is 0 Å². The number of carbonyl (C=O) groups is 1. The summed E-state index contributed by atoms with van der Waals surface area (Å²) in [6, 6.07) is 23.7. The van der Waals surface area contributed by atoms with E-state index in [1.807, 2.05) is 53.0 Å². The second-order valence-electron chi connectivity index (χ2n) is 11.7. The molecule has 6 nitrogen and oxygen atoms in total. The molecule has 4 atom stereocenters. The maximum Gasteiger partial charge on any atom is 0.231 e. The summed E-state index contributed by atoms with van der Waals surface area (Å²) in [4.78, 5) is 21.5. The van der Waals surface area contributed by atoms with Crippen molar-refractivity contribution in [2.75, 3.05) is 4.90 Å². The number of fused-ring (bicyclic) bond motifs is 1. The van der Waals surface area contributed by atoms with E-state index >= 15 is 0 Å². The molecule has 2 unspecified atom stereocenters. The summed E-state index contributed by atoms with van der Waals surface area (Å²) >= 11 is 6.16. The van der Waals surface area contributed by atoms with Gasteiger partial charge in [0, 0.05) is 42.1 Å². The Bertz CT molecular complexity index is 1600. The number of benzene rings is 3. The van der Waals surface area contributed by atoms with Crippen LogP contribution in [0.1, 0.15) is 61.2 Å². The zero-order valence-electron chi connectivity index (χ0n) is 23.6. The van der Waals surface area contributed by atoms with E-state index in [-0.39, 0.29) is 29.2 Å². The first-order chi connectivity index (χ1) is 19.7. The van der Waals surface area contributed by atoms with Gasteiger partial charge >= 0.3 is 0 Å². The topological polar surface area (TPSA) is 67.2 Å². The molecule has 4 aromatic rings. The van der Waals surface area contributed by atoms with Crippen LogP contribution in [0.2, 0.25) is 5.02 Å². The highest BCUT2D eigenvalue weighted by Gasteiger charge is 2.63. The number of hydrogen-bond acceptors (Lipinski definition) is 3. The molecule has 1 fully saturated rings. The Hall–Kier alpha value is -3.26. The summed E-state index contributed by atoms with van der Waals surface area (Å²) in [5.41, 5.74) is 4.21. The number of rotatable bonds is 8. The third-order valence-corrected chi connectivity index (χ3v) is 10.2. The summed E-state index contributed by atoms with van der Waals surface area (Å²) in [7, 11) is 0.539. The van der Waals surface area contributed by atoms with Crippen LogP contribution in [0.15, 0.2) is 90.1 Å². The fraction of sp³-hybridized carbons (Fsp3) is 0.333. The van der Waals surface area contributed by atoms with Gasteiger partial charge in [-0.3, -0.25) is 4.79 Å². The number of aryl methyl sites for hydroxylation is 2. The number of nitrogens with one attached hydrogen (secondary N) is 1. The lowest BCUT2D eigenvalue weighted by molar-refractivity contribution is -0.120. The highest BCUT2D eigenvalue weighted by molar-refractivity contribution is 7.83. The van der Waals surface area contributed by atoms with Crippen molar-refractivity contribution in [1.82, 2.24) is 14.3 Å². The second kappa shape index (κ2) is 11.2. The summed E-state index contributed by atoms with van der Waals surface area (Å²) in [5.74, 6) is 0.954. The SMILES string of the molecule is Cn1ccnc1CN(C(=O)C1[C@@H](c2ccccc2)C1(C)C)c1ccc2c(c1)[C@H](NS(=O)c1cccc(Cl)c1)CCC2. The number of imidazole rings is 1. The van der Waals surface area contributed by atoms with E-state index in [4.69, 9.17) is 11.6 Å². The first-order valence-electron chi connectivity index (χ1n) is 14.1. The fourth-order valence-electron chi connectivity index (χ4n) is 6.39. The molecule has 6 rings (SSSR count). The fourth-order valence-corrected chi connectivity index (χ4v) is 7.72. The van der Waals surface area contributed by atoms with Gasteiger partial charge in [0.05, 0.1) is 17.4 Å². The van der Waals surface area contributed by atoms with Gasteiger partial charge in [-0.25, -0.2) is 13.9 Å². The van der Waals surface area contributed by atoms with Gasteiger partial charge in [-0.05, 0) is 71.7 Å². The molecular formula is C33H35ClN4O2S. The molecule has 0 spiro atoms. The molecular weight excluding hydrogens is 552 g/mol. The van der Waals surface area contributed by atoms with Crippen molar-refractivity contribution >= 4 is 34.2 Å². The summed E-state index contributed by atoms with van der Waals surface area (Å²) in [5, 5.41) is 0.559. The van der Waals surface area contributed by atoms with E-state index in [0.29, 0.717) is 16.5 Å². The molecule has 0 bridgehead atoms. The van der Waals surface area contributed by atoms with Crippen molar-refractivity contribution in [3.05, 3.63) is 113 Å². The van der Waals surface area contributed by atoms with Gasteiger partial charge in [0.25, 0.3) is 0 Å². The number of carbonyl (C=O) groups excluding carboxylic acids is 1. The average molecular weight is 587 g/mol. The minimum atomic E-state index is -1.42. The third-order valence-electron chi connectivity index (χ3n) is 8.75. The lowest BCUT2D eigenvalue weighted by Gasteiger charge is -2.29. The quantitative estimate of drug-likeness (QED) is 0.249. The van der Waals surface area contributed by atoms with Gasteiger partial charge in [-0.2, -0.15) is 0 Å². The predicted octanol–water partition coefficient (Wildman–Crippen LogP) is 6.74. The van der Waals surface area contributed by atoms with Crippen molar-refractivity contribution in [3.63, 3.8) is 0 Å². The number of anilines is 1. The Morgan fingerprint density at radius 3 is 2.66 bits per heavy atom. The van der Waals surface area contributed by atoms with Crippen LogP contribution in [-0.4, -0.2) is 19.7 Å². The largest absolute Gasteiger partial charge is 0.337 e. The van der Waals surface area contributed by atoms with E-state index in [9.17, 15) is 9.00 Å². The minimum Gasteiger partial charge on any atom is -0.337 e. The van der Waals surface area contributed by atoms with Gasteiger partial charge < -0.3 is 9.47 Å². The Morgan fingerprint density at radius 2 is 1.93 bits per heavy atom. The first kappa shape index (κ1) is 27.9. The van der Waals surface area contributed by atoms with Gasteiger partial charge in [0.1, 0.15) is 16.8 Å². The summed E-state index contributed by atoms with van der Waals surface area (Å²) in [6.07, 6.45) is 6.49. The molecule has 0 saturated heterocycles. The molecule has 1 amide bonds. The highest BCUT2D eigenvalue weighted by Crippen LogP contribution is 2.65. The maximum atomic E-state index is 14.4. The minimum absolute atomic E-state index is 0.0990. The lowest BCUT2D eigenvalue weighted by atomic mass is 9.87. The second-order valence-corrected chi connectivity index (χ2v) is 13.4. The molecule has 1 aromatic heterocycles. The average Bonchev–Trinajstić information content (AvgIpc) is 3.32. The van der Waals surface area contributed by atoms with Gasteiger partial charge in [-0.1, -0.05) is 67.9 Å². The van der Waals surface area contributed by atoms with Crippen LogP contribution in [0.4, 0.5) is 5.69 Å². The molecule has 1 N–H and O–H groups in total. The van der Waals surface area contributed by atoms with Gasteiger partial charge in [0.2, 0.25) is 5.91 Å². The molecule has 1 saturated carbocycles. The number of nitrogens with zero attached hydrogens (tertiary/aromatic N) is 3. The monoisotopic (exact) mass is 586 g/mol. The molecule has 212 valence electrons. The van der Waals surface area contributed by atoms with Crippen LogP contribution in [0, 0.1) is 11.3 Å². The standard InChI is InChI=1S/C33H35ClN4O2S/c1-33(2)30(23-9-5-4-6-10-23)31(33)32(39)38(21-29-35-17-18-37(29)3)25-16-15-22-11-7-14-28(27(22)20-25)36-41(40)26-13-8-12-24(34)19-26/h4-6,8-10,12-13,15-20,28,30-31,36H,7,11,14,21H2,1-3H3/t28-,30-,31?,41?/m1/s1.